The second-order valence-corrected chi connectivity index (χ2v) is 8.90. The molecular formula is C21H19Cl2N3O2S. The third-order valence-corrected chi connectivity index (χ3v) is 6.37. The number of amides is 1. The molecule has 1 aliphatic rings. The van der Waals surface area contributed by atoms with Gasteiger partial charge in [-0.25, -0.2) is 4.98 Å². The number of primary amides is 1. The molecule has 1 aliphatic carbocycles. The van der Waals surface area contributed by atoms with Crippen LogP contribution in [0.25, 0.3) is 11.1 Å². The molecule has 1 fully saturated rings. The van der Waals surface area contributed by atoms with Crippen LogP contribution in [-0.2, 0) is 0 Å². The molecule has 3 aromatic rings. The number of oxazole rings is 1. The molecule has 1 saturated carbocycles. The van der Waals surface area contributed by atoms with Crippen LogP contribution in [0.3, 0.4) is 0 Å². The van der Waals surface area contributed by atoms with Crippen LogP contribution in [0.5, 0.6) is 0 Å². The lowest BCUT2D eigenvalue weighted by Gasteiger charge is -2.19. The maximum atomic E-state index is 11.9. The number of pyridine rings is 1. The number of nitrogens with zero attached hydrogens (tertiary/aromatic N) is 2. The molecule has 1 amide bonds. The Labute approximate surface area is 183 Å². The second-order valence-electron chi connectivity index (χ2n) is 7.03. The van der Waals surface area contributed by atoms with Crippen LogP contribution in [0.4, 0.5) is 0 Å². The number of benzene rings is 1. The molecule has 0 aliphatic heterocycles. The van der Waals surface area contributed by atoms with Gasteiger partial charge in [-0.15, -0.1) is 0 Å². The zero-order valence-electron chi connectivity index (χ0n) is 15.5. The minimum absolute atomic E-state index is 0.171. The predicted octanol–water partition coefficient (Wildman–Crippen LogP) is 6.34. The van der Waals surface area contributed by atoms with Gasteiger partial charge in [-0.05, 0) is 42.8 Å². The molecule has 4 rings (SSSR count). The molecule has 0 spiro atoms. The maximum Gasteiger partial charge on any atom is 0.286 e. The summed E-state index contributed by atoms with van der Waals surface area (Å²) in [6.45, 7) is 0. The van der Waals surface area contributed by atoms with Crippen molar-refractivity contribution in [1.82, 2.24) is 9.97 Å². The van der Waals surface area contributed by atoms with Crippen LogP contribution < -0.4 is 5.73 Å². The number of hydrogen-bond acceptors (Lipinski definition) is 5. The van der Waals surface area contributed by atoms with Crippen molar-refractivity contribution in [3.05, 3.63) is 58.2 Å². The quantitative estimate of drug-likeness (QED) is 0.492. The van der Waals surface area contributed by atoms with E-state index in [1.54, 1.807) is 24.5 Å². The molecule has 150 valence electrons. The minimum atomic E-state index is -0.579. The van der Waals surface area contributed by atoms with E-state index < -0.39 is 5.91 Å². The summed E-state index contributed by atoms with van der Waals surface area (Å²) in [6, 6.07) is 7.28. The fraction of sp³-hybridized carbons (Fsp3) is 0.286. The van der Waals surface area contributed by atoms with Gasteiger partial charge in [-0.1, -0.05) is 48.5 Å². The number of rotatable bonds is 5. The molecule has 1 aromatic carbocycles. The largest absolute Gasteiger partial charge is 0.426 e. The predicted molar refractivity (Wildman–Crippen MR) is 115 cm³/mol. The number of aromatic nitrogens is 2. The number of carbonyl (C=O) groups excluding carboxylic acids is 1. The first-order valence-corrected chi connectivity index (χ1v) is 11.0. The fourth-order valence-electron chi connectivity index (χ4n) is 3.63. The van der Waals surface area contributed by atoms with E-state index in [1.165, 1.54) is 18.2 Å². The Balaban J connectivity index is 1.62. The van der Waals surface area contributed by atoms with Gasteiger partial charge in [-0.3, -0.25) is 9.78 Å². The normalized spacial score (nSPS) is 14.8. The van der Waals surface area contributed by atoms with Crippen LogP contribution in [-0.4, -0.2) is 15.9 Å². The van der Waals surface area contributed by atoms with E-state index >= 15 is 0 Å². The van der Waals surface area contributed by atoms with Gasteiger partial charge in [0.1, 0.15) is 0 Å². The Morgan fingerprint density at radius 3 is 2.66 bits per heavy atom. The topological polar surface area (TPSA) is 82.0 Å². The molecule has 0 atom stereocenters. The van der Waals surface area contributed by atoms with E-state index in [0.717, 1.165) is 41.7 Å². The summed E-state index contributed by atoms with van der Waals surface area (Å²) in [4.78, 5) is 21.6. The minimum Gasteiger partial charge on any atom is -0.426 e. The summed E-state index contributed by atoms with van der Waals surface area (Å²) in [5, 5.41) is 1.51. The van der Waals surface area contributed by atoms with Crippen LogP contribution in [0, 0.1) is 0 Å². The third-order valence-electron chi connectivity index (χ3n) is 5.01. The molecule has 0 bridgehead atoms. The van der Waals surface area contributed by atoms with Gasteiger partial charge >= 0.3 is 0 Å². The average Bonchev–Trinajstić information content (AvgIpc) is 3.13. The van der Waals surface area contributed by atoms with Crippen LogP contribution in [0.1, 0.15) is 54.3 Å². The Kier molecular flexibility index (Phi) is 6.13. The Bertz CT molecular complexity index is 1050. The first-order valence-electron chi connectivity index (χ1n) is 9.40. The van der Waals surface area contributed by atoms with Gasteiger partial charge in [0.15, 0.2) is 0 Å². The van der Waals surface area contributed by atoms with Gasteiger partial charge < -0.3 is 10.2 Å². The molecule has 2 heterocycles. The van der Waals surface area contributed by atoms with Crippen molar-refractivity contribution in [3.8, 4) is 11.1 Å². The van der Waals surface area contributed by atoms with Gasteiger partial charge in [0.05, 0.1) is 5.69 Å². The van der Waals surface area contributed by atoms with Gasteiger partial charge in [0, 0.05) is 44.4 Å². The van der Waals surface area contributed by atoms with E-state index in [9.17, 15) is 4.79 Å². The van der Waals surface area contributed by atoms with Gasteiger partial charge in [-0.2, -0.15) is 0 Å². The van der Waals surface area contributed by atoms with Crippen LogP contribution in [0.15, 0.2) is 51.2 Å². The standard InChI is InChI=1S/C21H19Cl2N3O2S/c22-14-6-7-16(17(23)9-14)13-8-15(11-25-10-13)29-21-26-18(19(28-21)20(24)27)12-4-2-1-3-5-12/h6-12H,1-5H2,(H2,24,27). The zero-order valence-corrected chi connectivity index (χ0v) is 17.9. The van der Waals surface area contributed by atoms with Crippen molar-refractivity contribution in [2.45, 2.75) is 48.1 Å². The SMILES string of the molecule is NC(=O)c1oc(Sc2cncc(-c3ccc(Cl)cc3Cl)c2)nc1C1CCCCC1. The van der Waals surface area contributed by atoms with Gasteiger partial charge in [0.25, 0.3) is 11.1 Å². The molecule has 2 aromatic heterocycles. The van der Waals surface area contributed by atoms with E-state index in [2.05, 4.69) is 9.97 Å². The molecule has 5 nitrogen and oxygen atoms in total. The molecule has 0 saturated heterocycles. The highest BCUT2D eigenvalue weighted by Gasteiger charge is 2.27. The number of nitrogens with two attached hydrogens (primary N) is 1. The summed E-state index contributed by atoms with van der Waals surface area (Å²) >= 11 is 13.6. The van der Waals surface area contributed by atoms with E-state index in [4.69, 9.17) is 33.4 Å². The maximum absolute atomic E-state index is 11.9. The molecule has 0 unspecified atom stereocenters. The monoisotopic (exact) mass is 447 g/mol. The highest BCUT2D eigenvalue weighted by atomic mass is 35.5. The van der Waals surface area contributed by atoms with Crippen molar-refractivity contribution in [1.29, 1.82) is 0 Å². The highest BCUT2D eigenvalue weighted by molar-refractivity contribution is 7.99. The summed E-state index contributed by atoms with van der Waals surface area (Å²) < 4.78 is 5.72. The van der Waals surface area contributed by atoms with E-state index in [1.807, 2.05) is 12.1 Å². The fourth-order valence-corrected chi connectivity index (χ4v) is 4.92. The Morgan fingerprint density at radius 2 is 1.93 bits per heavy atom. The molecule has 0 radical (unpaired) electrons. The van der Waals surface area contributed by atoms with E-state index in [0.29, 0.717) is 21.0 Å². The van der Waals surface area contributed by atoms with Crippen molar-refractivity contribution in [2.75, 3.05) is 0 Å². The highest BCUT2D eigenvalue weighted by Crippen LogP contribution is 2.38. The van der Waals surface area contributed by atoms with Crippen LogP contribution >= 0.6 is 35.0 Å². The lowest BCUT2D eigenvalue weighted by atomic mass is 9.86. The average molecular weight is 448 g/mol. The summed E-state index contributed by atoms with van der Waals surface area (Å²) in [5.74, 6) is -0.185. The second kappa shape index (κ2) is 8.78. The molecule has 8 heteroatoms. The van der Waals surface area contributed by atoms with Crippen molar-refractivity contribution in [2.24, 2.45) is 5.73 Å². The lowest BCUT2D eigenvalue weighted by molar-refractivity contribution is 0.0966. The number of halogens is 2. The number of hydrogen-bond donors (Lipinski definition) is 1. The van der Waals surface area contributed by atoms with E-state index in [-0.39, 0.29) is 11.7 Å². The molecular weight excluding hydrogens is 429 g/mol. The summed E-state index contributed by atoms with van der Waals surface area (Å²) in [5.41, 5.74) is 7.91. The Morgan fingerprint density at radius 1 is 1.14 bits per heavy atom. The molecule has 2 N–H and O–H groups in total. The zero-order chi connectivity index (χ0) is 20.4. The third kappa shape index (κ3) is 4.60. The van der Waals surface area contributed by atoms with Crippen molar-refractivity contribution >= 4 is 40.9 Å². The summed E-state index contributed by atoms with van der Waals surface area (Å²) in [6.07, 6.45) is 8.93. The van der Waals surface area contributed by atoms with Crippen LogP contribution in [0.2, 0.25) is 10.0 Å². The smallest absolute Gasteiger partial charge is 0.286 e. The lowest BCUT2D eigenvalue weighted by Crippen LogP contribution is -2.15. The molecule has 29 heavy (non-hydrogen) atoms. The number of carbonyl (C=O) groups is 1. The van der Waals surface area contributed by atoms with Crippen molar-refractivity contribution < 1.29 is 9.21 Å². The Hall–Kier alpha value is -2.02. The van der Waals surface area contributed by atoms with Crippen molar-refractivity contribution in [3.63, 3.8) is 0 Å². The first kappa shape index (κ1) is 20.3. The summed E-state index contributed by atoms with van der Waals surface area (Å²) in [7, 11) is 0. The van der Waals surface area contributed by atoms with Gasteiger partial charge in [0.2, 0.25) is 5.76 Å². The first-order chi connectivity index (χ1) is 14.0.